The fourth-order valence-electron chi connectivity index (χ4n) is 2.62. The zero-order valence-electron chi connectivity index (χ0n) is 14.3. The third-order valence-electron chi connectivity index (χ3n) is 3.64. The van der Waals surface area contributed by atoms with Crippen LogP contribution in [-0.4, -0.2) is 34.9 Å². The van der Waals surface area contributed by atoms with Crippen molar-refractivity contribution in [1.82, 2.24) is 9.38 Å². The highest BCUT2D eigenvalue weighted by Crippen LogP contribution is 2.35. The Bertz CT molecular complexity index is 964. The van der Waals surface area contributed by atoms with Crippen molar-refractivity contribution in [2.75, 3.05) is 13.2 Å². The molecule has 0 aliphatic rings. The number of aromatic nitrogens is 2. The van der Waals surface area contributed by atoms with E-state index in [2.05, 4.69) is 4.98 Å². The normalized spacial score (nSPS) is 10.9. The van der Waals surface area contributed by atoms with E-state index in [1.165, 1.54) is 11.3 Å². The molecule has 0 saturated carbocycles. The van der Waals surface area contributed by atoms with Crippen molar-refractivity contribution in [3.05, 3.63) is 40.0 Å². The Hall–Kier alpha value is -2.38. The first-order valence-corrected chi connectivity index (χ1v) is 9.31. The molecule has 26 heavy (non-hydrogen) atoms. The Labute approximate surface area is 159 Å². The van der Waals surface area contributed by atoms with Gasteiger partial charge in [-0.1, -0.05) is 11.6 Å². The van der Waals surface area contributed by atoms with E-state index in [-0.39, 0.29) is 12.4 Å². The van der Waals surface area contributed by atoms with E-state index in [4.69, 9.17) is 21.1 Å². The van der Waals surface area contributed by atoms with Gasteiger partial charge >= 0.3 is 5.97 Å². The lowest BCUT2D eigenvalue weighted by molar-refractivity contribution is -0.142. The van der Waals surface area contributed by atoms with Crippen LogP contribution in [0.1, 0.15) is 29.2 Å². The first-order valence-electron chi connectivity index (χ1n) is 8.11. The molecule has 2 aromatic heterocycles. The number of carbonyl (C=O) groups is 2. The predicted octanol–water partition coefficient (Wildman–Crippen LogP) is 4.03. The number of thiazole rings is 1. The van der Waals surface area contributed by atoms with E-state index in [1.54, 1.807) is 35.7 Å². The largest absolute Gasteiger partial charge is 0.493 e. The van der Waals surface area contributed by atoms with Gasteiger partial charge in [-0.15, -0.1) is 11.3 Å². The Kier molecular flexibility index (Phi) is 5.58. The Morgan fingerprint density at radius 2 is 2.15 bits per heavy atom. The molecule has 1 aromatic carbocycles. The van der Waals surface area contributed by atoms with Gasteiger partial charge in [-0.05, 0) is 32.0 Å². The lowest BCUT2D eigenvalue weighted by Crippen LogP contribution is -2.06. The highest BCUT2D eigenvalue weighted by Gasteiger charge is 2.20. The quantitative estimate of drug-likeness (QED) is 0.448. The van der Waals surface area contributed by atoms with Crippen molar-refractivity contribution < 1.29 is 19.1 Å². The van der Waals surface area contributed by atoms with Crippen molar-refractivity contribution in [2.24, 2.45) is 0 Å². The fourth-order valence-corrected chi connectivity index (χ4v) is 3.76. The van der Waals surface area contributed by atoms with Gasteiger partial charge in [-0.2, -0.15) is 0 Å². The van der Waals surface area contributed by atoms with E-state index in [9.17, 15) is 9.59 Å². The second kappa shape index (κ2) is 7.88. The Morgan fingerprint density at radius 3 is 2.85 bits per heavy atom. The van der Waals surface area contributed by atoms with Crippen LogP contribution < -0.4 is 4.74 Å². The van der Waals surface area contributed by atoms with Gasteiger partial charge in [0.2, 0.25) is 0 Å². The number of aldehydes is 1. The van der Waals surface area contributed by atoms with E-state index in [1.807, 2.05) is 6.92 Å². The maximum absolute atomic E-state index is 11.7. The number of halogens is 1. The van der Waals surface area contributed by atoms with E-state index >= 15 is 0 Å². The van der Waals surface area contributed by atoms with Gasteiger partial charge in [0.15, 0.2) is 11.2 Å². The molecular weight excluding hydrogens is 376 g/mol. The molecule has 3 aromatic rings. The second-order valence-corrected chi connectivity index (χ2v) is 6.90. The van der Waals surface area contributed by atoms with Crippen LogP contribution in [0.15, 0.2) is 24.4 Å². The molecule has 0 N–H and O–H groups in total. The zero-order chi connectivity index (χ0) is 18.7. The minimum atomic E-state index is -0.307. The summed E-state index contributed by atoms with van der Waals surface area (Å²) in [5.74, 6) is 0.302. The summed E-state index contributed by atoms with van der Waals surface area (Å²) in [6, 6.07) is 5.22. The lowest BCUT2D eigenvalue weighted by Gasteiger charge is -2.09. The van der Waals surface area contributed by atoms with Crippen molar-refractivity contribution in [3.63, 3.8) is 0 Å². The highest BCUT2D eigenvalue weighted by atomic mass is 35.5. The van der Waals surface area contributed by atoms with Crippen LogP contribution in [0.5, 0.6) is 5.75 Å². The maximum Gasteiger partial charge on any atom is 0.311 e. The van der Waals surface area contributed by atoms with E-state index < -0.39 is 0 Å². The fraction of sp³-hybridized carbons (Fsp3) is 0.278. The molecular formula is C18H17ClN2O4S. The number of benzene rings is 1. The van der Waals surface area contributed by atoms with Crippen LogP contribution in [0.3, 0.4) is 0 Å². The molecule has 136 valence electrons. The molecule has 0 spiro atoms. The summed E-state index contributed by atoms with van der Waals surface area (Å²) < 4.78 is 12.3. The Balaban J connectivity index is 2.06. The molecule has 0 aliphatic heterocycles. The van der Waals surface area contributed by atoms with Gasteiger partial charge in [0, 0.05) is 21.7 Å². The summed E-state index contributed by atoms with van der Waals surface area (Å²) in [5, 5.41) is 0.527. The molecule has 0 bridgehead atoms. The molecule has 8 heteroatoms. The summed E-state index contributed by atoms with van der Waals surface area (Å²) in [6.45, 7) is 4.46. The highest BCUT2D eigenvalue weighted by molar-refractivity contribution is 7.17. The number of esters is 1. The number of hydrogen-bond donors (Lipinski definition) is 0. The third kappa shape index (κ3) is 3.59. The minimum absolute atomic E-state index is 0.150. The number of carbonyl (C=O) groups excluding carboxylic acids is 2. The van der Waals surface area contributed by atoms with Gasteiger partial charge in [-0.3, -0.25) is 14.0 Å². The van der Waals surface area contributed by atoms with Gasteiger partial charge in [-0.25, -0.2) is 4.98 Å². The average molecular weight is 393 g/mol. The first kappa shape index (κ1) is 18.4. The third-order valence-corrected chi connectivity index (χ3v) is 4.86. The maximum atomic E-state index is 11.7. The van der Waals surface area contributed by atoms with Gasteiger partial charge in [0.05, 0.1) is 19.6 Å². The molecule has 0 aliphatic carbocycles. The van der Waals surface area contributed by atoms with Crippen molar-refractivity contribution in [1.29, 1.82) is 0 Å². The zero-order valence-corrected chi connectivity index (χ0v) is 15.9. The van der Waals surface area contributed by atoms with Gasteiger partial charge in [0.1, 0.15) is 17.1 Å². The summed E-state index contributed by atoms with van der Waals surface area (Å²) in [4.78, 5) is 29.4. The van der Waals surface area contributed by atoms with Crippen LogP contribution in [0, 0.1) is 0 Å². The van der Waals surface area contributed by atoms with Crippen molar-refractivity contribution in [2.45, 2.75) is 20.3 Å². The molecule has 0 atom stereocenters. The van der Waals surface area contributed by atoms with Crippen LogP contribution >= 0.6 is 22.9 Å². The summed E-state index contributed by atoms with van der Waals surface area (Å²) in [7, 11) is 0. The topological polar surface area (TPSA) is 69.9 Å². The predicted molar refractivity (Wildman–Crippen MR) is 100 cm³/mol. The summed E-state index contributed by atoms with van der Waals surface area (Å²) in [5.41, 5.74) is 1.54. The number of rotatable bonds is 7. The first-order chi connectivity index (χ1) is 12.6. The van der Waals surface area contributed by atoms with Crippen LogP contribution in [0.2, 0.25) is 5.02 Å². The lowest BCUT2D eigenvalue weighted by atomic mass is 10.1. The number of nitrogens with zero attached hydrogens (tertiary/aromatic N) is 2. The monoisotopic (exact) mass is 392 g/mol. The molecule has 0 fully saturated rings. The SMILES string of the molecule is CCOC(=O)Cc1cn2c(C=O)c(-c3cc(Cl)ccc3OCC)nc2s1. The van der Waals surface area contributed by atoms with Crippen LogP contribution in [0.4, 0.5) is 0 Å². The molecule has 0 saturated heterocycles. The number of imidazole rings is 1. The average Bonchev–Trinajstić information content (AvgIpc) is 3.13. The molecule has 3 rings (SSSR count). The minimum Gasteiger partial charge on any atom is -0.493 e. The van der Waals surface area contributed by atoms with Crippen LogP contribution in [-0.2, 0) is 16.0 Å². The number of hydrogen-bond acceptors (Lipinski definition) is 6. The van der Waals surface area contributed by atoms with Gasteiger partial charge < -0.3 is 9.47 Å². The molecule has 6 nitrogen and oxygen atoms in total. The second-order valence-electron chi connectivity index (χ2n) is 5.37. The molecule has 0 unspecified atom stereocenters. The standard InChI is InChI=1S/C18H17ClN2O4S/c1-3-24-15-6-5-11(19)7-13(15)17-14(10-22)21-9-12(26-18(21)20-17)8-16(23)25-4-2/h5-7,9-10H,3-4,8H2,1-2H3. The van der Waals surface area contributed by atoms with Crippen molar-refractivity contribution in [3.8, 4) is 17.0 Å². The van der Waals surface area contributed by atoms with Crippen LogP contribution in [0.25, 0.3) is 16.2 Å². The number of ether oxygens (including phenoxy) is 2. The summed E-state index contributed by atoms with van der Waals surface area (Å²) >= 11 is 7.46. The van der Waals surface area contributed by atoms with Gasteiger partial charge in [0.25, 0.3) is 0 Å². The molecule has 2 heterocycles. The number of fused-ring (bicyclic) bond motifs is 1. The van der Waals surface area contributed by atoms with Crippen molar-refractivity contribution >= 4 is 40.2 Å². The Morgan fingerprint density at radius 1 is 1.35 bits per heavy atom. The smallest absolute Gasteiger partial charge is 0.311 e. The molecule has 0 radical (unpaired) electrons. The van der Waals surface area contributed by atoms with E-state index in [0.717, 1.165) is 11.2 Å². The summed E-state index contributed by atoms with van der Waals surface area (Å²) in [6.07, 6.45) is 2.63. The molecule has 0 amide bonds. The van der Waals surface area contributed by atoms with E-state index in [0.29, 0.717) is 45.9 Å².